The molecule has 1 saturated carbocycles. The van der Waals surface area contributed by atoms with E-state index in [9.17, 15) is 14.4 Å². The normalized spacial score (nSPS) is 24.2. The highest BCUT2D eigenvalue weighted by Crippen LogP contribution is 2.42. The number of rotatable bonds is 5. The summed E-state index contributed by atoms with van der Waals surface area (Å²) >= 11 is 5.99. The largest absolute Gasteiger partial charge is 0.338 e. The molecule has 1 aromatic carbocycles. The van der Waals surface area contributed by atoms with Gasteiger partial charge in [-0.05, 0) is 56.0 Å². The average Bonchev–Trinajstić information content (AvgIpc) is 3.14. The molecule has 1 aliphatic carbocycles. The van der Waals surface area contributed by atoms with Gasteiger partial charge in [0, 0.05) is 36.0 Å². The standard InChI is InChI=1S/C23H24ClFN6O/c24-15-1-3-17(4-2-15)28-21-20-19(7-12-27-22(20)32)31(29-21)23(10-11-26)8-5-18(6-9-23)30-13-16(25)14-30/h1-4,7,12,16,18H,5-6,8-10,13-14H2,(H,27,32)(H,28,29)/t18-,23+. The summed E-state index contributed by atoms with van der Waals surface area (Å²) in [6.07, 6.45) is 4.45. The Bertz CT molecular complexity index is 1220. The number of nitrogens with zero attached hydrogens (tertiary/aromatic N) is 4. The number of alkyl halides is 1. The summed E-state index contributed by atoms with van der Waals surface area (Å²) in [6, 6.07) is 11.7. The van der Waals surface area contributed by atoms with Gasteiger partial charge < -0.3 is 10.3 Å². The number of nitriles is 1. The summed E-state index contributed by atoms with van der Waals surface area (Å²) in [5, 5.41) is 18.8. The lowest BCUT2D eigenvalue weighted by Gasteiger charge is -2.47. The third-order valence-corrected chi connectivity index (χ3v) is 7.09. The molecule has 0 bridgehead atoms. The van der Waals surface area contributed by atoms with Crippen molar-refractivity contribution in [1.82, 2.24) is 19.7 Å². The monoisotopic (exact) mass is 454 g/mol. The van der Waals surface area contributed by atoms with Gasteiger partial charge >= 0.3 is 0 Å². The zero-order valence-electron chi connectivity index (χ0n) is 17.5. The van der Waals surface area contributed by atoms with Crippen LogP contribution in [0.5, 0.6) is 0 Å². The maximum Gasteiger partial charge on any atom is 0.261 e. The fourth-order valence-corrected chi connectivity index (χ4v) is 5.19. The van der Waals surface area contributed by atoms with Crippen LogP contribution in [0.4, 0.5) is 15.9 Å². The minimum atomic E-state index is -0.718. The predicted octanol–water partition coefficient (Wildman–Crippen LogP) is 4.33. The van der Waals surface area contributed by atoms with Gasteiger partial charge in [-0.2, -0.15) is 10.4 Å². The molecule has 1 saturated heterocycles. The predicted molar refractivity (Wildman–Crippen MR) is 122 cm³/mol. The number of benzene rings is 1. The maximum absolute atomic E-state index is 13.3. The van der Waals surface area contributed by atoms with Crippen molar-refractivity contribution in [2.24, 2.45) is 0 Å². The molecule has 0 unspecified atom stereocenters. The summed E-state index contributed by atoms with van der Waals surface area (Å²) in [4.78, 5) is 17.7. The van der Waals surface area contributed by atoms with Crippen molar-refractivity contribution in [2.75, 3.05) is 18.4 Å². The molecule has 7 nitrogen and oxygen atoms in total. The molecular weight excluding hydrogens is 431 g/mol. The van der Waals surface area contributed by atoms with Crippen LogP contribution in [0.2, 0.25) is 5.02 Å². The van der Waals surface area contributed by atoms with Gasteiger partial charge in [-0.25, -0.2) is 4.39 Å². The molecule has 2 N–H and O–H groups in total. The number of aromatic nitrogens is 3. The quantitative estimate of drug-likeness (QED) is 0.599. The number of hydrogen-bond donors (Lipinski definition) is 2. The third-order valence-electron chi connectivity index (χ3n) is 6.84. The molecule has 2 fully saturated rings. The van der Waals surface area contributed by atoms with E-state index in [4.69, 9.17) is 16.7 Å². The SMILES string of the molecule is N#CC[C@]1(n2nc(Nc3ccc(Cl)cc3)c3c(=O)[nH]ccc32)CC[C@@H](N2CC(F)C2)CC1. The number of H-pyrrole nitrogens is 1. The Labute approximate surface area is 189 Å². The van der Waals surface area contributed by atoms with Crippen LogP contribution in [0.1, 0.15) is 32.1 Å². The fraction of sp³-hybridized carbons (Fsp3) is 0.435. The minimum Gasteiger partial charge on any atom is -0.338 e. The van der Waals surface area contributed by atoms with Crippen molar-refractivity contribution in [3.8, 4) is 6.07 Å². The number of fused-ring (bicyclic) bond motifs is 1. The van der Waals surface area contributed by atoms with Crippen LogP contribution in [0.15, 0.2) is 41.3 Å². The van der Waals surface area contributed by atoms with E-state index >= 15 is 0 Å². The number of anilines is 2. The molecule has 0 amide bonds. The van der Waals surface area contributed by atoms with Crippen molar-refractivity contribution in [1.29, 1.82) is 5.26 Å². The Morgan fingerprint density at radius 1 is 1.25 bits per heavy atom. The second-order valence-corrected chi connectivity index (χ2v) is 9.24. The van der Waals surface area contributed by atoms with E-state index in [0.717, 1.165) is 31.4 Å². The van der Waals surface area contributed by atoms with Gasteiger partial charge in [-0.15, -0.1) is 0 Å². The second kappa shape index (κ2) is 8.23. The Kier molecular flexibility index (Phi) is 5.39. The van der Waals surface area contributed by atoms with E-state index < -0.39 is 11.7 Å². The van der Waals surface area contributed by atoms with Crippen LogP contribution in [0, 0.1) is 11.3 Å². The van der Waals surface area contributed by atoms with Crippen molar-refractivity contribution >= 4 is 34.0 Å². The zero-order chi connectivity index (χ0) is 22.3. The number of aromatic amines is 1. The molecule has 3 aromatic rings. The van der Waals surface area contributed by atoms with Gasteiger partial charge in [0.2, 0.25) is 0 Å². The molecule has 2 aliphatic rings. The molecule has 5 rings (SSSR count). The number of likely N-dealkylation sites (tertiary alicyclic amines) is 1. The smallest absolute Gasteiger partial charge is 0.261 e. The van der Waals surface area contributed by atoms with E-state index in [-0.39, 0.29) is 5.56 Å². The first-order valence-corrected chi connectivity index (χ1v) is 11.3. The van der Waals surface area contributed by atoms with E-state index in [1.165, 1.54) is 0 Å². The molecule has 166 valence electrons. The zero-order valence-corrected chi connectivity index (χ0v) is 18.3. The van der Waals surface area contributed by atoms with Gasteiger partial charge in [-0.1, -0.05) is 11.6 Å². The fourth-order valence-electron chi connectivity index (χ4n) is 5.07. The van der Waals surface area contributed by atoms with E-state index in [1.54, 1.807) is 18.3 Å². The van der Waals surface area contributed by atoms with Crippen LogP contribution < -0.4 is 10.9 Å². The summed E-state index contributed by atoms with van der Waals surface area (Å²) < 4.78 is 15.2. The molecule has 9 heteroatoms. The van der Waals surface area contributed by atoms with Gasteiger partial charge in [0.15, 0.2) is 5.82 Å². The number of pyridine rings is 1. The first-order chi connectivity index (χ1) is 15.5. The molecule has 32 heavy (non-hydrogen) atoms. The van der Waals surface area contributed by atoms with Crippen molar-refractivity contribution in [2.45, 2.75) is 49.9 Å². The van der Waals surface area contributed by atoms with E-state index in [1.807, 2.05) is 22.9 Å². The summed E-state index contributed by atoms with van der Waals surface area (Å²) in [5.74, 6) is 0.451. The van der Waals surface area contributed by atoms with Crippen LogP contribution in [-0.2, 0) is 5.54 Å². The molecule has 0 spiro atoms. The Morgan fingerprint density at radius 2 is 1.97 bits per heavy atom. The first-order valence-electron chi connectivity index (χ1n) is 10.9. The van der Waals surface area contributed by atoms with Crippen molar-refractivity contribution in [3.05, 3.63) is 51.9 Å². The molecule has 0 atom stereocenters. The maximum atomic E-state index is 13.3. The summed E-state index contributed by atoms with van der Waals surface area (Å²) in [5.41, 5.74) is 0.727. The summed E-state index contributed by atoms with van der Waals surface area (Å²) in [6.45, 7) is 1.01. The first kappa shape index (κ1) is 21.0. The van der Waals surface area contributed by atoms with Crippen LogP contribution >= 0.6 is 11.6 Å². The topological polar surface area (TPSA) is 89.7 Å². The van der Waals surface area contributed by atoms with Crippen molar-refractivity contribution in [3.63, 3.8) is 0 Å². The average molecular weight is 455 g/mol. The lowest BCUT2D eigenvalue weighted by Crippen LogP contribution is -2.55. The molecule has 0 radical (unpaired) electrons. The molecular formula is C23H24ClFN6O. The Hall–Kier alpha value is -2.89. The third kappa shape index (κ3) is 3.65. The molecule has 1 aliphatic heterocycles. The highest BCUT2D eigenvalue weighted by atomic mass is 35.5. The lowest BCUT2D eigenvalue weighted by atomic mass is 9.76. The van der Waals surface area contributed by atoms with E-state index in [2.05, 4.69) is 21.3 Å². The van der Waals surface area contributed by atoms with Crippen LogP contribution in [-0.4, -0.2) is 45.0 Å². The number of halogens is 2. The number of nitrogens with one attached hydrogen (secondary N) is 2. The van der Waals surface area contributed by atoms with Gasteiger partial charge in [0.1, 0.15) is 11.6 Å². The van der Waals surface area contributed by atoms with Gasteiger partial charge in [0.05, 0.1) is 23.5 Å². The van der Waals surface area contributed by atoms with Crippen LogP contribution in [0.25, 0.3) is 10.9 Å². The van der Waals surface area contributed by atoms with Gasteiger partial charge in [-0.3, -0.25) is 14.4 Å². The van der Waals surface area contributed by atoms with E-state index in [0.29, 0.717) is 47.3 Å². The minimum absolute atomic E-state index is 0.236. The summed E-state index contributed by atoms with van der Waals surface area (Å²) in [7, 11) is 0. The van der Waals surface area contributed by atoms with Gasteiger partial charge in [0.25, 0.3) is 5.56 Å². The highest BCUT2D eigenvalue weighted by molar-refractivity contribution is 6.30. The molecule has 2 aromatic heterocycles. The molecule has 3 heterocycles. The highest BCUT2D eigenvalue weighted by Gasteiger charge is 2.43. The van der Waals surface area contributed by atoms with Crippen molar-refractivity contribution < 1.29 is 4.39 Å². The van der Waals surface area contributed by atoms with Crippen LogP contribution in [0.3, 0.4) is 0 Å². The Morgan fingerprint density at radius 3 is 2.62 bits per heavy atom. The lowest BCUT2D eigenvalue weighted by molar-refractivity contribution is -0.00330. The number of hydrogen-bond acceptors (Lipinski definition) is 5. The second-order valence-electron chi connectivity index (χ2n) is 8.80. The Balaban J connectivity index is 1.52.